The maximum Gasteiger partial charge on any atom is 0.228 e. The molecule has 1 aromatic heterocycles. The van der Waals surface area contributed by atoms with Gasteiger partial charge in [-0.25, -0.2) is 0 Å². The summed E-state index contributed by atoms with van der Waals surface area (Å²) in [6.45, 7) is 1.76. The first-order valence-corrected chi connectivity index (χ1v) is 6.47. The number of ketones is 1. The summed E-state index contributed by atoms with van der Waals surface area (Å²) in [4.78, 5) is 12.4. The van der Waals surface area contributed by atoms with Crippen molar-refractivity contribution in [3.63, 3.8) is 0 Å². The van der Waals surface area contributed by atoms with Gasteiger partial charge in [-0.1, -0.05) is 17.7 Å². The molecule has 0 radical (unpaired) electrons. The van der Waals surface area contributed by atoms with Crippen LogP contribution in [0.4, 0.5) is 0 Å². The maximum atomic E-state index is 12.4. The van der Waals surface area contributed by atoms with E-state index in [9.17, 15) is 9.90 Å². The molecule has 3 nitrogen and oxygen atoms in total. The van der Waals surface area contributed by atoms with Gasteiger partial charge in [0.25, 0.3) is 0 Å². The molecule has 0 bridgehead atoms. The number of phenols is 1. The van der Waals surface area contributed by atoms with Crippen LogP contribution in [-0.4, -0.2) is 10.9 Å². The lowest BCUT2D eigenvalue weighted by atomic mass is 10.0. The van der Waals surface area contributed by atoms with Crippen LogP contribution < -0.4 is 0 Å². The minimum absolute atomic E-state index is 0.110. The number of phenolic OH excluding ortho intramolecular Hbond substituents is 1. The van der Waals surface area contributed by atoms with Gasteiger partial charge in [0.05, 0.1) is 5.39 Å². The average molecular weight is 287 g/mol. The lowest BCUT2D eigenvalue weighted by molar-refractivity contribution is 0.101. The number of carbonyl (C=O) groups excluding carboxylic acids is 1. The van der Waals surface area contributed by atoms with Crippen molar-refractivity contribution in [2.75, 3.05) is 0 Å². The Kier molecular flexibility index (Phi) is 2.99. The topological polar surface area (TPSA) is 50.4 Å². The molecule has 1 heterocycles. The lowest BCUT2D eigenvalue weighted by Gasteiger charge is -1.99. The molecule has 0 amide bonds. The normalized spacial score (nSPS) is 10.9. The van der Waals surface area contributed by atoms with E-state index in [2.05, 4.69) is 0 Å². The maximum absolute atomic E-state index is 12.4. The summed E-state index contributed by atoms with van der Waals surface area (Å²) in [7, 11) is 0. The van der Waals surface area contributed by atoms with E-state index in [1.54, 1.807) is 49.4 Å². The quantitative estimate of drug-likeness (QED) is 0.713. The molecular weight excluding hydrogens is 276 g/mol. The monoisotopic (exact) mass is 286 g/mol. The van der Waals surface area contributed by atoms with Gasteiger partial charge in [-0.15, -0.1) is 0 Å². The minimum atomic E-state index is -0.227. The number of furan rings is 1. The highest BCUT2D eigenvalue weighted by Gasteiger charge is 2.20. The molecular formula is C16H11ClO3. The smallest absolute Gasteiger partial charge is 0.228 e. The Morgan fingerprint density at radius 1 is 1.15 bits per heavy atom. The number of aromatic hydroxyl groups is 1. The zero-order chi connectivity index (χ0) is 14.3. The summed E-state index contributed by atoms with van der Waals surface area (Å²) in [6.07, 6.45) is 0. The third-order valence-corrected chi connectivity index (χ3v) is 3.50. The molecule has 0 spiro atoms. The number of rotatable bonds is 2. The molecule has 3 aromatic rings. The number of fused-ring (bicyclic) bond motifs is 1. The second kappa shape index (κ2) is 4.69. The first-order chi connectivity index (χ1) is 9.58. The van der Waals surface area contributed by atoms with Crippen LogP contribution in [0.25, 0.3) is 11.0 Å². The number of hydrogen-bond acceptors (Lipinski definition) is 3. The summed E-state index contributed by atoms with van der Waals surface area (Å²) in [5, 5.41) is 11.0. The van der Waals surface area contributed by atoms with E-state index in [0.29, 0.717) is 27.1 Å². The molecule has 4 heteroatoms. The Labute approximate surface area is 120 Å². The van der Waals surface area contributed by atoms with Crippen molar-refractivity contribution in [2.24, 2.45) is 0 Å². The standard InChI is InChI=1S/C16H11ClO3/c1-9-14-12(18)3-2-4-13(14)20-16(9)15(19)10-5-7-11(17)8-6-10/h2-8,18H,1H3. The van der Waals surface area contributed by atoms with Gasteiger partial charge in [-0.3, -0.25) is 4.79 Å². The minimum Gasteiger partial charge on any atom is -0.507 e. The van der Waals surface area contributed by atoms with Crippen LogP contribution in [-0.2, 0) is 0 Å². The molecule has 2 aromatic carbocycles. The SMILES string of the molecule is Cc1c(C(=O)c2ccc(Cl)cc2)oc2cccc(O)c12. The third kappa shape index (κ3) is 1.96. The van der Waals surface area contributed by atoms with Crippen LogP contribution in [0.1, 0.15) is 21.7 Å². The summed E-state index contributed by atoms with van der Waals surface area (Å²) in [5.74, 6) is 0.123. The van der Waals surface area contributed by atoms with Crippen LogP contribution in [0.15, 0.2) is 46.9 Å². The van der Waals surface area contributed by atoms with Gasteiger partial charge in [-0.2, -0.15) is 0 Å². The highest BCUT2D eigenvalue weighted by Crippen LogP contribution is 2.33. The largest absolute Gasteiger partial charge is 0.507 e. The fourth-order valence-electron chi connectivity index (χ4n) is 2.23. The lowest BCUT2D eigenvalue weighted by Crippen LogP contribution is -2.01. The van der Waals surface area contributed by atoms with Gasteiger partial charge in [0.1, 0.15) is 11.3 Å². The Morgan fingerprint density at radius 2 is 1.85 bits per heavy atom. The van der Waals surface area contributed by atoms with Crippen molar-refractivity contribution in [1.82, 2.24) is 0 Å². The summed E-state index contributed by atoms with van der Waals surface area (Å²) < 4.78 is 5.58. The Hall–Kier alpha value is -2.26. The molecule has 0 aliphatic rings. The van der Waals surface area contributed by atoms with Crippen LogP contribution in [0.3, 0.4) is 0 Å². The zero-order valence-corrected chi connectivity index (χ0v) is 11.4. The van der Waals surface area contributed by atoms with E-state index in [1.807, 2.05) is 0 Å². The average Bonchev–Trinajstić information content (AvgIpc) is 2.77. The van der Waals surface area contributed by atoms with Crippen LogP contribution >= 0.6 is 11.6 Å². The van der Waals surface area contributed by atoms with Crippen molar-refractivity contribution in [2.45, 2.75) is 6.92 Å². The zero-order valence-electron chi connectivity index (χ0n) is 10.7. The number of halogens is 1. The number of aryl methyl sites for hydroxylation is 1. The van der Waals surface area contributed by atoms with Gasteiger partial charge in [0.2, 0.25) is 5.78 Å². The van der Waals surface area contributed by atoms with E-state index in [0.717, 1.165) is 0 Å². The first-order valence-electron chi connectivity index (χ1n) is 6.09. The van der Waals surface area contributed by atoms with Crippen LogP contribution in [0.2, 0.25) is 5.02 Å². The van der Waals surface area contributed by atoms with E-state index in [-0.39, 0.29) is 17.3 Å². The number of benzene rings is 2. The predicted molar refractivity (Wildman–Crippen MR) is 77.5 cm³/mol. The molecule has 100 valence electrons. The molecule has 3 rings (SSSR count). The van der Waals surface area contributed by atoms with Crippen molar-refractivity contribution < 1.29 is 14.3 Å². The number of hydrogen-bond donors (Lipinski definition) is 1. The molecule has 0 unspecified atom stereocenters. The van der Waals surface area contributed by atoms with Crippen LogP contribution in [0, 0.1) is 6.92 Å². The molecule has 0 aliphatic heterocycles. The van der Waals surface area contributed by atoms with Gasteiger partial charge >= 0.3 is 0 Å². The fraction of sp³-hybridized carbons (Fsp3) is 0.0625. The van der Waals surface area contributed by atoms with E-state index < -0.39 is 0 Å². The van der Waals surface area contributed by atoms with E-state index >= 15 is 0 Å². The van der Waals surface area contributed by atoms with Gasteiger partial charge in [-0.05, 0) is 43.3 Å². The highest BCUT2D eigenvalue weighted by atomic mass is 35.5. The molecule has 0 saturated carbocycles. The molecule has 20 heavy (non-hydrogen) atoms. The summed E-state index contributed by atoms with van der Waals surface area (Å²) >= 11 is 5.81. The second-order valence-electron chi connectivity index (χ2n) is 4.54. The van der Waals surface area contributed by atoms with Crippen molar-refractivity contribution in [3.8, 4) is 5.75 Å². The van der Waals surface area contributed by atoms with Crippen molar-refractivity contribution in [3.05, 3.63) is 64.4 Å². The fourth-order valence-corrected chi connectivity index (χ4v) is 2.36. The molecule has 0 atom stereocenters. The summed E-state index contributed by atoms with van der Waals surface area (Å²) in [6, 6.07) is 11.6. The van der Waals surface area contributed by atoms with E-state index in [1.165, 1.54) is 0 Å². The molecule has 0 saturated heterocycles. The van der Waals surface area contributed by atoms with Gasteiger partial charge in [0.15, 0.2) is 5.76 Å². The second-order valence-corrected chi connectivity index (χ2v) is 4.98. The first kappa shape index (κ1) is 12.8. The molecule has 1 N–H and O–H groups in total. The predicted octanol–water partition coefficient (Wildman–Crippen LogP) is 4.33. The molecule has 0 aliphatic carbocycles. The Bertz CT molecular complexity index is 800. The summed E-state index contributed by atoms with van der Waals surface area (Å²) in [5.41, 5.74) is 1.63. The van der Waals surface area contributed by atoms with Crippen LogP contribution in [0.5, 0.6) is 5.75 Å². The van der Waals surface area contributed by atoms with Gasteiger partial charge < -0.3 is 9.52 Å². The Morgan fingerprint density at radius 3 is 2.50 bits per heavy atom. The van der Waals surface area contributed by atoms with Crippen molar-refractivity contribution >= 4 is 28.4 Å². The van der Waals surface area contributed by atoms with E-state index in [4.69, 9.17) is 16.0 Å². The number of carbonyl (C=O) groups is 1. The Balaban J connectivity index is 2.15. The third-order valence-electron chi connectivity index (χ3n) is 3.24. The van der Waals surface area contributed by atoms with Crippen molar-refractivity contribution in [1.29, 1.82) is 0 Å². The molecule has 0 fully saturated rings. The van der Waals surface area contributed by atoms with Gasteiger partial charge in [0, 0.05) is 16.1 Å². The highest BCUT2D eigenvalue weighted by molar-refractivity contribution is 6.30.